The smallest absolute Gasteiger partial charge is 0.328 e. The van der Waals surface area contributed by atoms with E-state index in [1.54, 1.807) is 11.8 Å². The number of hydrogen-bond acceptors (Lipinski definition) is 3. The Morgan fingerprint density at radius 3 is 2.64 bits per heavy atom. The van der Waals surface area contributed by atoms with Gasteiger partial charge in [-0.25, -0.2) is 4.79 Å². The van der Waals surface area contributed by atoms with E-state index >= 15 is 0 Å². The molecule has 1 unspecified atom stereocenters. The van der Waals surface area contributed by atoms with E-state index in [0.29, 0.717) is 0 Å². The molecular formula is C9H15NO3S. The fourth-order valence-electron chi connectivity index (χ4n) is 0.774. The lowest BCUT2D eigenvalue weighted by atomic mass is 10.3. The van der Waals surface area contributed by atoms with Crippen molar-refractivity contribution in [2.45, 2.75) is 19.9 Å². The van der Waals surface area contributed by atoms with Gasteiger partial charge in [0.05, 0.1) is 0 Å². The van der Waals surface area contributed by atoms with Gasteiger partial charge in [-0.05, 0) is 12.7 Å². The highest BCUT2D eigenvalue weighted by molar-refractivity contribution is 7.99. The first-order chi connectivity index (χ1) is 6.56. The normalized spacial score (nSPS) is 12.7. The molecule has 0 fully saturated rings. The Morgan fingerprint density at radius 2 is 2.14 bits per heavy atom. The third kappa shape index (κ3) is 7.67. The summed E-state index contributed by atoms with van der Waals surface area (Å²) in [5, 5.41) is 10.9. The second-order valence-corrected chi connectivity index (χ2v) is 4.06. The topological polar surface area (TPSA) is 66.4 Å². The van der Waals surface area contributed by atoms with E-state index in [9.17, 15) is 9.59 Å². The molecule has 5 heteroatoms. The van der Waals surface area contributed by atoms with Gasteiger partial charge in [-0.3, -0.25) is 4.79 Å². The molecule has 0 radical (unpaired) electrons. The molecule has 2 N–H and O–H groups in total. The number of thioether (sulfide) groups is 1. The second kappa shape index (κ2) is 7.44. The summed E-state index contributed by atoms with van der Waals surface area (Å²) in [6.07, 6.45) is 1.85. The highest BCUT2D eigenvalue weighted by atomic mass is 32.2. The van der Waals surface area contributed by atoms with Crippen molar-refractivity contribution in [3.05, 3.63) is 12.2 Å². The summed E-state index contributed by atoms with van der Waals surface area (Å²) in [6.45, 7) is 3.93. The molecule has 0 rings (SSSR count). The molecule has 0 aromatic heterocycles. The van der Waals surface area contributed by atoms with Crippen molar-refractivity contribution in [2.24, 2.45) is 0 Å². The predicted molar refractivity (Wildman–Crippen MR) is 57.4 cm³/mol. The van der Waals surface area contributed by atoms with Gasteiger partial charge < -0.3 is 10.4 Å². The van der Waals surface area contributed by atoms with Crippen LogP contribution in [0.15, 0.2) is 12.2 Å². The summed E-state index contributed by atoms with van der Waals surface area (Å²) >= 11 is 1.73. The maximum Gasteiger partial charge on any atom is 0.328 e. The van der Waals surface area contributed by atoms with Crippen LogP contribution in [0.4, 0.5) is 0 Å². The maximum atomic E-state index is 11.1. The third-order valence-electron chi connectivity index (χ3n) is 1.34. The van der Waals surface area contributed by atoms with Crippen molar-refractivity contribution in [2.75, 3.05) is 11.5 Å². The number of hydrogen-bond donors (Lipinski definition) is 2. The zero-order valence-corrected chi connectivity index (χ0v) is 9.13. The molecule has 0 aliphatic heterocycles. The lowest BCUT2D eigenvalue weighted by Crippen LogP contribution is -2.33. The predicted octanol–water partition coefficient (Wildman–Crippen LogP) is 0.885. The molecule has 0 aromatic carbocycles. The Labute approximate surface area is 87.8 Å². The van der Waals surface area contributed by atoms with E-state index < -0.39 is 5.97 Å². The highest BCUT2D eigenvalue weighted by Gasteiger charge is 2.03. The van der Waals surface area contributed by atoms with Gasteiger partial charge in [0.15, 0.2) is 0 Å². The molecule has 1 amide bonds. The molecule has 4 nitrogen and oxygen atoms in total. The maximum absolute atomic E-state index is 11.1. The van der Waals surface area contributed by atoms with Crippen molar-refractivity contribution in [3.8, 4) is 0 Å². The van der Waals surface area contributed by atoms with Crippen LogP contribution in [0.1, 0.15) is 13.8 Å². The van der Waals surface area contributed by atoms with Gasteiger partial charge in [-0.1, -0.05) is 6.92 Å². The van der Waals surface area contributed by atoms with Crippen LogP contribution in [-0.4, -0.2) is 34.5 Å². The van der Waals surface area contributed by atoms with Crippen molar-refractivity contribution in [1.29, 1.82) is 0 Å². The Morgan fingerprint density at radius 1 is 1.50 bits per heavy atom. The third-order valence-corrected chi connectivity index (χ3v) is 2.48. The average Bonchev–Trinajstić information content (AvgIpc) is 2.11. The Bertz CT molecular complexity index is 228. The molecule has 0 aliphatic carbocycles. The van der Waals surface area contributed by atoms with Crippen LogP contribution in [0.5, 0.6) is 0 Å². The number of carboxylic acid groups (broad SMARTS) is 1. The largest absolute Gasteiger partial charge is 0.478 e. The number of carboxylic acids is 1. The van der Waals surface area contributed by atoms with Crippen molar-refractivity contribution < 1.29 is 14.7 Å². The summed E-state index contributed by atoms with van der Waals surface area (Å²) in [4.78, 5) is 21.1. The molecule has 0 aromatic rings. The first-order valence-electron chi connectivity index (χ1n) is 4.35. The van der Waals surface area contributed by atoms with E-state index in [1.165, 1.54) is 0 Å². The van der Waals surface area contributed by atoms with Crippen LogP contribution in [0.25, 0.3) is 0 Å². The quantitative estimate of drug-likeness (QED) is 0.648. The summed E-state index contributed by atoms with van der Waals surface area (Å²) in [6, 6.07) is 0.0610. The highest BCUT2D eigenvalue weighted by Crippen LogP contribution is 2.00. The van der Waals surface area contributed by atoms with Crippen LogP contribution < -0.4 is 5.32 Å². The van der Waals surface area contributed by atoms with Crippen LogP contribution in [0.2, 0.25) is 0 Å². The van der Waals surface area contributed by atoms with Gasteiger partial charge in [-0.2, -0.15) is 11.8 Å². The zero-order chi connectivity index (χ0) is 11.0. The van der Waals surface area contributed by atoms with Gasteiger partial charge >= 0.3 is 5.97 Å². The fraction of sp³-hybridized carbons (Fsp3) is 0.556. The number of carbonyl (C=O) groups excluding carboxylic acids is 1. The Kier molecular flexibility index (Phi) is 6.92. The molecule has 0 saturated heterocycles. The van der Waals surface area contributed by atoms with Crippen molar-refractivity contribution in [1.82, 2.24) is 5.32 Å². The number of amides is 1. The van der Waals surface area contributed by atoms with E-state index in [-0.39, 0.29) is 11.9 Å². The van der Waals surface area contributed by atoms with E-state index in [0.717, 1.165) is 23.7 Å². The van der Waals surface area contributed by atoms with Crippen LogP contribution in [0.3, 0.4) is 0 Å². The average molecular weight is 217 g/mol. The molecule has 0 spiro atoms. The summed E-state index contributed by atoms with van der Waals surface area (Å²) < 4.78 is 0. The van der Waals surface area contributed by atoms with E-state index in [1.807, 2.05) is 13.8 Å². The molecule has 80 valence electrons. The fourth-order valence-corrected chi connectivity index (χ4v) is 1.45. The Hall–Kier alpha value is -0.970. The lowest BCUT2D eigenvalue weighted by molar-refractivity contribution is -0.131. The minimum absolute atomic E-state index is 0.0610. The van der Waals surface area contributed by atoms with Crippen molar-refractivity contribution >= 4 is 23.6 Å². The van der Waals surface area contributed by atoms with Crippen molar-refractivity contribution in [3.63, 3.8) is 0 Å². The van der Waals surface area contributed by atoms with Gasteiger partial charge in [0.2, 0.25) is 5.91 Å². The molecule has 0 bridgehead atoms. The second-order valence-electron chi connectivity index (χ2n) is 2.74. The van der Waals surface area contributed by atoms with E-state index in [4.69, 9.17) is 5.11 Å². The summed E-state index contributed by atoms with van der Waals surface area (Å²) in [7, 11) is 0. The molecule has 0 aliphatic rings. The standard InChI is InChI=1S/C9H15NO3S/c1-3-14-6-7(2)10-8(11)4-5-9(12)13/h4-5,7H,3,6H2,1-2H3,(H,10,11)(H,12,13)/b5-4+. The van der Waals surface area contributed by atoms with Gasteiger partial charge in [-0.15, -0.1) is 0 Å². The van der Waals surface area contributed by atoms with Gasteiger partial charge in [0.25, 0.3) is 0 Å². The molecule has 14 heavy (non-hydrogen) atoms. The minimum atomic E-state index is -1.12. The lowest BCUT2D eigenvalue weighted by Gasteiger charge is -2.10. The number of nitrogens with one attached hydrogen (secondary N) is 1. The Balaban J connectivity index is 3.76. The van der Waals surface area contributed by atoms with Crippen LogP contribution >= 0.6 is 11.8 Å². The SMILES string of the molecule is CCSCC(C)NC(=O)/C=C/C(=O)O. The minimum Gasteiger partial charge on any atom is -0.478 e. The van der Waals surface area contributed by atoms with Gasteiger partial charge in [0, 0.05) is 23.9 Å². The van der Waals surface area contributed by atoms with Crippen LogP contribution in [-0.2, 0) is 9.59 Å². The summed E-state index contributed by atoms with van der Waals surface area (Å²) in [5.41, 5.74) is 0. The number of rotatable bonds is 6. The molecule has 0 saturated carbocycles. The van der Waals surface area contributed by atoms with Crippen LogP contribution in [0, 0.1) is 0 Å². The number of carbonyl (C=O) groups is 2. The first-order valence-corrected chi connectivity index (χ1v) is 5.51. The zero-order valence-electron chi connectivity index (χ0n) is 8.32. The number of aliphatic carboxylic acids is 1. The first kappa shape index (κ1) is 13.0. The monoisotopic (exact) mass is 217 g/mol. The molecule has 0 heterocycles. The molecule has 1 atom stereocenters. The van der Waals surface area contributed by atoms with E-state index in [2.05, 4.69) is 5.32 Å². The summed E-state index contributed by atoms with van der Waals surface area (Å²) in [5.74, 6) is 0.362. The van der Waals surface area contributed by atoms with Gasteiger partial charge in [0.1, 0.15) is 0 Å². The molecular weight excluding hydrogens is 202 g/mol.